The van der Waals surface area contributed by atoms with Crippen LogP contribution in [0.25, 0.3) is 22.6 Å². The van der Waals surface area contributed by atoms with E-state index in [2.05, 4.69) is 15.0 Å². The van der Waals surface area contributed by atoms with Crippen molar-refractivity contribution in [2.75, 3.05) is 6.61 Å². The Bertz CT molecular complexity index is 1080. The average Bonchev–Trinajstić information content (AvgIpc) is 2.62. The molecule has 152 valence electrons. The first-order valence-electron chi connectivity index (χ1n) is 8.29. The maximum Gasteiger partial charge on any atom is 0.349 e. The van der Waals surface area contributed by atoms with Crippen molar-refractivity contribution < 1.29 is 20.4 Å². The summed E-state index contributed by atoms with van der Waals surface area (Å²) in [6.45, 7) is 2.73. The summed E-state index contributed by atoms with van der Waals surface area (Å²) in [6, 6.07) is 3.53. The van der Waals surface area contributed by atoms with E-state index in [-0.39, 0.29) is 29.0 Å². The number of fused-ring (bicyclic) bond motifs is 2. The number of nitrogens with zero attached hydrogens (tertiary/aromatic N) is 3. The summed E-state index contributed by atoms with van der Waals surface area (Å²) in [6.07, 6.45) is -4.68. The van der Waals surface area contributed by atoms with Crippen molar-refractivity contribution in [3.63, 3.8) is 0 Å². The molecule has 2 aliphatic heterocycles. The van der Waals surface area contributed by atoms with Gasteiger partial charge >= 0.3 is 5.69 Å². The zero-order valence-corrected chi connectivity index (χ0v) is 14.7. The highest BCUT2D eigenvalue weighted by Gasteiger charge is 2.27. The number of rotatable bonds is 5. The highest BCUT2D eigenvalue weighted by molar-refractivity contribution is 5.81. The van der Waals surface area contributed by atoms with Crippen LogP contribution in [-0.4, -0.2) is 75.8 Å². The van der Waals surface area contributed by atoms with Crippen molar-refractivity contribution in [1.82, 2.24) is 19.5 Å². The van der Waals surface area contributed by atoms with Crippen LogP contribution in [0.1, 0.15) is 11.1 Å². The molecule has 2 aliphatic rings. The zero-order chi connectivity index (χ0) is 19.9. The Kier molecular flexibility index (Phi) is 6.47. The van der Waals surface area contributed by atoms with Crippen molar-refractivity contribution in [3.05, 3.63) is 44.1 Å². The lowest BCUT2D eigenvalue weighted by Crippen LogP contribution is -2.42. The Morgan fingerprint density at radius 1 is 1.07 bits per heavy atom. The number of aromatic nitrogens is 4. The Hall–Kier alpha value is -2.44. The van der Waals surface area contributed by atoms with Crippen molar-refractivity contribution in [2.24, 2.45) is 0 Å². The van der Waals surface area contributed by atoms with Crippen LogP contribution in [0.4, 0.5) is 0 Å². The molecule has 0 saturated carbocycles. The fourth-order valence-corrected chi connectivity index (χ4v) is 2.89. The van der Waals surface area contributed by atoms with Crippen LogP contribution < -0.4 is 11.2 Å². The van der Waals surface area contributed by atoms with Gasteiger partial charge in [-0.05, 0) is 48.1 Å². The molecule has 10 nitrogen and oxygen atoms in total. The van der Waals surface area contributed by atoms with E-state index >= 15 is 0 Å². The molecule has 11 heteroatoms. The van der Waals surface area contributed by atoms with Gasteiger partial charge in [0.15, 0.2) is 11.5 Å². The van der Waals surface area contributed by atoms with E-state index in [1.54, 1.807) is 12.1 Å². The molecule has 28 heavy (non-hydrogen) atoms. The van der Waals surface area contributed by atoms with Crippen molar-refractivity contribution >= 4 is 22.0 Å². The number of aryl methyl sites for hydroxylation is 2. The first kappa shape index (κ1) is 21.9. The van der Waals surface area contributed by atoms with Gasteiger partial charge in [-0.25, -0.2) is 9.78 Å². The van der Waals surface area contributed by atoms with Gasteiger partial charge in [0.1, 0.15) is 18.3 Å². The Morgan fingerprint density at radius 3 is 2.36 bits per heavy atom. The van der Waals surface area contributed by atoms with E-state index in [9.17, 15) is 24.9 Å². The Morgan fingerprint density at radius 2 is 1.71 bits per heavy atom. The van der Waals surface area contributed by atoms with Gasteiger partial charge in [-0.15, -0.1) is 0 Å². The molecule has 0 saturated heterocycles. The second-order valence-corrected chi connectivity index (χ2v) is 6.50. The molecule has 3 rings (SSSR count). The smallest absolute Gasteiger partial charge is 0.349 e. The van der Waals surface area contributed by atoms with Crippen molar-refractivity contribution in [1.29, 1.82) is 0 Å². The van der Waals surface area contributed by atoms with Crippen LogP contribution in [0.15, 0.2) is 21.7 Å². The SMILES string of the molecule is Cc1cc2nc3c(=O)[nH]c(=O)nc-3n(C[C@H](O)[C@H](O)[C@H](O)CO)c2cc1C.[SiH4]. The minimum absolute atomic E-state index is 0. The highest BCUT2D eigenvalue weighted by Crippen LogP contribution is 2.24. The largest absolute Gasteiger partial charge is 0.394 e. The quantitative estimate of drug-likeness (QED) is 0.218. The number of benzene rings is 1. The third-order valence-corrected chi connectivity index (χ3v) is 4.57. The summed E-state index contributed by atoms with van der Waals surface area (Å²) in [5.74, 6) is -0.0516. The van der Waals surface area contributed by atoms with Gasteiger partial charge in [0.25, 0.3) is 5.56 Å². The predicted octanol–water partition coefficient (Wildman–Crippen LogP) is -3.18. The first-order chi connectivity index (χ1) is 12.7. The van der Waals surface area contributed by atoms with Crippen LogP contribution in [0, 0.1) is 13.8 Å². The molecule has 2 heterocycles. The van der Waals surface area contributed by atoms with Gasteiger partial charge in [-0.3, -0.25) is 9.78 Å². The third-order valence-electron chi connectivity index (χ3n) is 4.57. The highest BCUT2D eigenvalue weighted by atomic mass is 28.1. The molecule has 0 fully saturated rings. The molecule has 1 aromatic rings. The molecule has 0 bridgehead atoms. The standard InChI is InChI=1S/C17H20N4O6.H4Si/c1-7-3-9-10(4-8(7)2)21(5-11(23)14(25)12(24)6-22)15-13(18-9)16(26)20-17(27)19-15;/h3-4,11-12,14,22-25H,5-6H2,1-2H3,(H,20,26,27);1H4/t11-,12+,14-;/m0./s1. The fraction of sp³-hybridized carbons (Fsp3) is 0.412. The zero-order valence-electron chi connectivity index (χ0n) is 14.7. The predicted molar refractivity (Wildman–Crippen MR) is 107 cm³/mol. The molecule has 0 aliphatic carbocycles. The molecule has 0 unspecified atom stereocenters. The molecule has 5 N–H and O–H groups in total. The van der Waals surface area contributed by atoms with E-state index in [0.29, 0.717) is 11.0 Å². The molecular formula is C17H24N4O6Si. The molecule has 0 spiro atoms. The second-order valence-electron chi connectivity index (χ2n) is 6.50. The summed E-state index contributed by atoms with van der Waals surface area (Å²) in [5.41, 5.74) is 1.11. The van der Waals surface area contributed by atoms with Crippen LogP contribution in [-0.2, 0) is 6.54 Å². The van der Waals surface area contributed by atoms with Gasteiger partial charge in [0.2, 0.25) is 0 Å². The van der Waals surface area contributed by atoms with Gasteiger partial charge in [-0.2, -0.15) is 4.98 Å². The van der Waals surface area contributed by atoms with Crippen LogP contribution >= 0.6 is 0 Å². The van der Waals surface area contributed by atoms with Crippen molar-refractivity contribution in [3.8, 4) is 11.5 Å². The fourth-order valence-electron chi connectivity index (χ4n) is 2.89. The van der Waals surface area contributed by atoms with E-state index in [1.165, 1.54) is 4.57 Å². The number of aliphatic hydroxyl groups excluding tert-OH is 4. The summed E-state index contributed by atoms with van der Waals surface area (Å²) < 4.78 is 1.40. The van der Waals surface area contributed by atoms with Gasteiger partial charge < -0.3 is 25.0 Å². The van der Waals surface area contributed by atoms with Crippen molar-refractivity contribution in [2.45, 2.75) is 38.7 Å². The Labute approximate surface area is 163 Å². The number of hydrogen-bond acceptors (Lipinski definition) is 8. The lowest BCUT2D eigenvalue weighted by atomic mass is 10.1. The van der Waals surface area contributed by atoms with E-state index in [4.69, 9.17) is 5.11 Å². The average molecular weight is 408 g/mol. The van der Waals surface area contributed by atoms with E-state index in [1.807, 2.05) is 13.8 Å². The maximum atomic E-state index is 12.2. The summed E-state index contributed by atoms with van der Waals surface area (Å²) in [4.78, 5) is 34.0. The first-order valence-corrected chi connectivity index (χ1v) is 8.29. The molecule has 0 aromatic heterocycles. The number of aromatic amines is 1. The second kappa shape index (κ2) is 8.28. The molecule has 3 atom stereocenters. The lowest BCUT2D eigenvalue weighted by Gasteiger charge is -2.25. The number of nitrogens with one attached hydrogen (secondary N) is 1. The third kappa shape index (κ3) is 3.88. The molecule has 0 radical (unpaired) electrons. The lowest BCUT2D eigenvalue weighted by molar-refractivity contribution is -0.0802. The van der Waals surface area contributed by atoms with Crippen LogP contribution in [0.3, 0.4) is 0 Å². The number of aliphatic hydroxyl groups is 4. The van der Waals surface area contributed by atoms with E-state index in [0.717, 1.165) is 11.1 Å². The molecule has 1 aromatic carbocycles. The number of hydrogen-bond donors (Lipinski definition) is 5. The maximum absolute atomic E-state index is 12.2. The van der Waals surface area contributed by atoms with Crippen LogP contribution in [0.2, 0.25) is 0 Å². The summed E-state index contributed by atoms with van der Waals surface area (Å²) >= 11 is 0. The normalized spacial score (nSPS) is 14.6. The minimum atomic E-state index is -1.64. The Balaban J connectivity index is 0.00000280. The molecular weight excluding hydrogens is 384 g/mol. The minimum Gasteiger partial charge on any atom is -0.394 e. The summed E-state index contributed by atoms with van der Waals surface area (Å²) in [5, 5.41) is 38.8. The molecule has 0 amide bonds. The van der Waals surface area contributed by atoms with Crippen LogP contribution in [0.5, 0.6) is 0 Å². The van der Waals surface area contributed by atoms with E-state index < -0.39 is 36.2 Å². The van der Waals surface area contributed by atoms with Gasteiger partial charge in [0.05, 0.1) is 24.2 Å². The topological polar surface area (TPSA) is 162 Å². The summed E-state index contributed by atoms with van der Waals surface area (Å²) in [7, 11) is 0. The monoisotopic (exact) mass is 408 g/mol. The van der Waals surface area contributed by atoms with Gasteiger partial charge in [0, 0.05) is 0 Å². The van der Waals surface area contributed by atoms with Gasteiger partial charge in [-0.1, -0.05) is 0 Å². The number of H-pyrrole nitrogens is 1.